The van der Waals surface area contributed by atoms with E-state index in [2.05, 4.69) is 26.0 Å². The van der Waals surface area contributed by atoms with Crippen LogP contribution in [0.25, 0.3) is 0 Å². The highest BCUT2D eigenvalue weighted by Crippen LogP contribution is 2.27. The van der Waals surface area contributed by atoms with Gasteiger partial charge in [0.25, 0.3) is 0 Å². The molecule has 0 saturated heterocycles. The second-order valence-electron chi connectivity index (χ2n) is 7.43. The van der Waals surface area contributed by atoms with Crippen molar-refractivity contribution in [3.63, 3.8) is 0 Å². The molecular formula is C20H27NO4S. The molecule has 2 rings (SSSR count). The van der Waals surface area contributed by atoms with Crippen LogP contribution in [0.3, 0.4) is 0 Å². The lowest BCUT2D eigenvalue weighted by molar-refractivity contribution is -0.152. The van der Waals surface area contributed by atoms with Crippen molar-refractivity contribution in [2.45, 2.75) is 53.1 Å². The van der Waals surface area contributed by atoms with E-state index in [1.54, 1.807) is 6.92 Å². The Bertz CT molecular complexity index is 701. The van der Waals surface area contributed by atoms with E-state index in [4.69, 9.17) is 0 Å². The zero-order valence-electron chi connectivity index (χ0n) is 15.8. The molecule has 0 radical (unpaired) electrons. The molecule has 6 heteroatoms. The first-order chi connectivity index (χ1) is 12.2. The van der Waals surface area contributed by atoms with E-state index in [1.807, 2.05) is 6.07 Å². The van der Waals surface area contributed by atoms with Gasteiger partial charge in [0.15, 0.2) is 5.12 Å². The Labute approximate surface area is 159 Å². The molecule has 2 atom stereocenters. The molecule has 1 amide bonds. The van der Waals surface area contributed by atoms with E-state index >= 15 is 0 Å². The first-order valence-corrected chi connectivity index (χ1v) is 9.95. The number of benzene rings is 1. The minimum Gasteiger partial charge on any atom is -0.480 e. The maximum Gasteiger partial charge on any atom is 0.326 e. The summed E-state index contributed by atoms with van der Waals surface area (Å²) in [7, 11) is 0. The lowest BCUT2D eigenvalue weighted by Crippen LogP contribution is -2.50. The average Bonchev–Trinajstić information content (AvgIpc) is 2.57. The zero-order chi connectivity index (χ0) is 19.4. The number of rotatable bonds is 6. The smallest absolute Gasteiger partial charge is 0.326 e. The molecule has 2 unspecified atom stereocenters. The Morgan fingerprint density at radius 1 is 1.23 bits per heavy atom. The number of amides is 1. The summed E-state index contributed by atoms with van der Waals surface area (Å²) >= 11 is 1.10. The second-order valence-corrected chi connectivity index (χ2v) is 8.63. The summed E-state index contributed by atoms with van der Waals surface area (Å²) in [6, 6.07) is 5.31. The molecule has 1 N–H and O–H groups in total. The van der Waals surface area contributed by atoms with Crippen molar-refractivity contribution in [3.05, 3.63) is 34.9 Å². The van der Waals surface area contributed by atoms with Gasteiger partial charge in [-0.3, -0.25) is 9.59 Å². The zero-order valence-corrected chi connectivity index (χ0v) is 16.6. The van der Waals surface area contributed by atoms with E-state index in [-0.39, 0.29) is 11.0 Å². The molecule has 0 saturated carbocycles. The molecule has 0 bridgehead atoms. The van der Waals surface area contributed by atoms with E-state index in [1.165, 1.54) is 17.4 Å². The first kappa shape index (κ1) is 20.5. The summed E-state index contributed by atoms with van der Waals surface area (Å²) in [6.45, 7) is 7.84. The highest BCUT2D eigenvalue weighted by Gasteiger charge is 2.36. The highest BCUT2D eigenvalue weighted by atomic mass is 32.2. The molecule has 1 heterocycles. The molecule has 142 valence electrons. The quantitative estimate of drug-likeness (QED) is 0.824. The molecule has 0 aliphatic carbocycles. The van der Waals surface area contributed by atoms with E-state index in [0.29, 0.717) is 24.6 Å². The summed E-state index contributed by atoms with van der Waals surface area (Å²) in [5, 5.41) is 9.56. The lowest BCUT2D eigenvalue weighted by atomic mass is 9.90. The van der Waals surface area contributed by atoms with Crippen LogP contribution in [-0.4, -0.2) is 38.8 Å². The topological polar surface area (TPSA) is 74.7 Å². The molecule has 0 fully saturated rings. The van der Waals surface area contributed by atoms with E-state index < -0.39 is 17.9 Å². The summed E-state index contributed by atoms with van der Waals surface area (Å²) in [6.07, 6.45) is 1.28. The van der Waals surface area contributed by atoms with Crippen LogP contribution in [0.5, 0.6) is 0 Å². The van der Waals surface area contributed by atoms with Gasteiger partial charge in [-0.1, -0.05) is 50.7 Å². The summed E-state index contributed by atoms with van der Waals surface area (Å²) in [5.74, 6) is -0.680. The number of nitrogens with zero attached hydrogens (tertiary/aromatic N) is 1. The lowest BCUT2D eigenvalue weighted by Gasteiger charge is -2.36. The molecule has 1 aliphatic heterocycles. The summed E-state index contributed by atoms with van der Waals surface area (Å²) in [5.41, 5.74) is 3.24. The highest BCUT2D eigenvalue weighted by molar-refractivity contribution is 8.13. The van der Waals surface area contributed by atoms with Gasteiger partial charge in [0.05, 0.1) is 0 Å². The van der Waals surface area contributed by atoms with Crippen LogP contribution in [-0.2, 0) is 33.8 Å². The number of carbonyl (C=O) groups excluding carboxylic acids is 2. The third kappa shape index (κ3) is 5.10. The van der Waals surface area contributed by atoms with Crippen LogP contribution < -0.4 is 0 Å². The normalized spacial score (nSPS) is 17.7. The van der Waals surface area contributed by atoms with Gasteiger partial charge in [-0.2, -0.15) is 0 Å². The fourth-order valence-corrected chi connectivity index (χ4v) is 3.91. The standard InChI is InChI=1S/C20H27NO4S/c1-12(2)7-15-5-6-16-9-18(20(24)25)21(10-17(16)8-15)19(23)13(3)11-26-14(4)22/h5-6,8,12-13,18H,7,9-11H2,1-4H3,(H,24,25). The number of hydrogen-bond acceptors (Lipinski definition) is 4. The maximum atomic E-state index is 12.8. The average molecular weight is 378 g/mol. The Morgan fingerprint density at radius 2 is 1.92 bits per heavy atom. The summed E-state index contributed by atoms with van der Waals surface area (Å²) in [4.78, 5) is 37.2. The van der Waals surface area contributed by atoms with E-state index in [9.17, 15) is 19.5 Å². The van der Waals surface area contributed by atoms with Crippen molar-refractivity contribution in [1.29, 1.82) is 0 Å². The Morgan fingerprint density at radius 3 is 2.50 bits per heavy atom. The molecule has 5 nitrogen and oxygen atoms in total. The fourth-order valence-electron chi connectivity index (χ4n) is 3.29. The number of carbonyl (C=O) groups is 3. The Balaban J connectivity index is 2.24. The van der Waals surface area contributed by atoms with Gasteiger partial charge in [0, 0.05) is 31.6 Å². The molecule has 1 aliphatic rings. The number of carboxylic acid groups (broad SMARTS) is 1. The molecule has 1 aromatic carbocycles. The Kier molecular flexibility index (Phi) is 6.87. The number of carboxylic acids is 1. The minimum absolute atomic E-state index is 0.0400. The van der Waals surface area contributed by atoms with Crippen molar-refractivity contribution >= 4 is 28.8 Å². The van der Waals surface area contributed by atoms with E-state index in [0.717, 1.165) is 29.3 Å². The van der Waals surface area contributed by atoms with Crippen molar-refractivity contribution in [3.8, 4) is 0 Å². The molecule has 26 heavy (non-hydrogen) atoms. The van der Waals surface area contributed by atoms with Crippen LogP contribution in [0.15, 0.2) is 18.2 Å². The van der Waals surface area contributed by atoms with Crippen molar-refractivity contribution < 1.29 is 19.5 Å². The van der Waals surface area contributed by atoms with Crippen molar-refractivity contribution in [1.82, 2.24) is 4.90 Å². The van der Waals surface area contributed by atoms with Crippen LogP contribution in [0.4, 0.5) is 0 Å². The number of fused-ring (bicyclic) bond motifs is 1. The number of aliphatic carboxylic acids is 1. The Hall–Kier alpha value is -1.82. The second kappa shape index (κ2) is 8.71. The van der Waals surface area contributed by atoms with Gasteiger partial charge in [-0.25, -0.2) is 4.79 Å². The van der Waals surface area contributed by atoms with Gasteiger partial charge in [-0.05, 0) is 29.0 Å². The predicted octanol–water partition coefficient (Wildman–Crippen LogP) is 3.14. The molecule has 0 spiro atoms. The summed E-state index contributed by atoms with van der Waals surface area (Å²) < 4.78 is 0. The third-order valence-corrected chi connectivity index (χ3v) is 5.64. The van der Waals surface area contributed by atoms with Gasteiger partial charge < -0.3 is 10.0 Å². The van der Waals surface area contributed by atoms with Crippen LogP contribution in [0, 0.1) is 11.8 Å². The van der Waals surface area contributed by atoms with Gasteiger partial charge in [-0.15, -0.1) is 0 Å². The molecule has 0 aromatic heterocycles. The number of thioether (sulfide) groups is 1. The first-order valence-electron chi connectivity index (χ1n) is 8.96. The fraction of sp³-hybridized carbons (Fsp3) is 0.550. The third-order valence-electron chi connectivity index (χ3n) is 4.57. The van der Waals surface area contributed by atoms with Crippen LogP contribution in [0.1, 0.15) is 44.4 Å². The predicted molar refractivity (Wildman–Crippen MR) is 103 cm³/mol. The van der Waals surface area contributed by atoms with Gasteiger partial charge in [0.1, 0.15) is 6.04 Å². The molecule has 1 aromatic rings. The van der Waals surface area contributed by atoms with Crippen molar-refractivity contribution in [2.24, 2.45) is 11.8 Å². The SMILES string of the molecule is CC(=O)SCC(C)C(=O)N1Cc2cc(CC(C)C)ccc2CC1C(=O)O. The van der Waals surface area contributed by atoms with Crippen LogP contribution >= 0.6 is 11.8 Å². The van der Waals surface area contributed by atoms with Gasteiger partial charge in [0.2, 0.25) is 5.91 Å². The maximum absolute atomic E-state index is 12.8. The molecular weight excluding hydrogens is 350 g/mol. The largest absolute Gasteiger partial charge is 0.480 e. The monoisotopic (exact) mass is 377 g/mol. The van der Waals surface area contributed by atoms with Crippen LogP contribution in [0.2, 0.25) is 0 Å². The van der Waals surface area contributed by atoms with Gasteiger partial charge >= 0.3 is 5.97 Å². The number of hydrogen-bond donors (Lipinski definition) is 1. The van der Waals surface area contributed by atoms with Crippen molar-refractivity contribution in [2.75, 3.05) is 5.75 Å². The minimum atomic E-state index is -0.985.